The van der Waals surface area contributed by atoms with E-state index in [1.54, 1.807) is 27.7 Å². The Bertz CT molecular complexity index is 949. The minimum absolute atomic E-state index is 0.0162. The van der Waals surface area contributed by atoms with Crippen LogP contribution in [-0.2, 0) is 22.6 Å². The molecule has 2 heterocycles. The third-order valence-corrected chi connectivity index (χ3v) is 5.56. The quantitative estimate of drug-likeness (QED) is 0.769. The molecule has 0 atom stereocenters. The first-order valence-corrected chi connectivity index (χ1v) is 9.88. The number of fused-ring (bicyclic) bond motifs is 1. The van der Waals surface area contributed by atoms with Crippen molar-refractivity contribution in [3.05, 3.63) is 34.2 Å². The number of nitrogens with one attached hydrogen (secondary N) is 1. The monoisotopic (exact) mass is 386 g/mol. The molecule has 8 heteroatoms. The zero-order valence-corrected chi connectivity index (χ0v) is 16.1. The second-order valence-electron chi connectivity index (χ2n) is 7.60. The van der Waals surface area contributed by atoms with E-state index in [2.05, 4.69) is 5.32 Å². The number of imidazole rings is 1. The maximum Gasteiger partial charge on any atom is 0.337 e. The number of carbonyl (C=O) groups excluding carboxylic acids is 2. The van der Waals surface area contributed by atoms with E-state index in [9.17, 15) is 14.4 Å². The molecule has 150 valence electrons. The molecule has 0 radical (unpaired) electrons. The minimum Gasteiger partial charge on any atom is -0.465 e. The van der Waals surface area contributed by atoms with Gasteiger partial charge in [0.15, 0.2) is 0 Å². The van der Waals surface area contributed by atoms with E-state index < -0.39 is 5.97 Å². The standard InChI is InChI=1S/C20H26N4O4/c1-28-19(26)15-5-6-16-17(11-15)24(20(27)23(16)12-14-3-4-14)13-18(25)22-9-2-7-21-8-10-22/h5-6,11,14,21H,2-4,7-10,12-13H2,1H3. The Morgan fingerprint density at radius 3 is 2.71 bits per heavy atom. The van der Waals surface area contributed by atoms with Crippen molar-refractivity contribution >= 4 is 22.9 Å². The molecule has 1 aromatic heterocycles. The summed E-state index contributed by atoms with van der Waals surface area (Å²) in [6, 6.07) is 5.11. The summed E-state index contributed by atoms with van der Waals surface area (Å²) in [6.07, 6.45) is 3.15. The summed E-state index contributed by atoms with van der Waals surface area (Å²) in [5.74, 6) is -0.00933. The highest BCUT2D eigenvalue weighted by molar-refractivity contribution is 5.94. The van der Waals surface area contributed by atoms with E-state index in [0.29, 0.717) is 36.6 Å². The van der Waals surface area contributed by atoms with Crippen LogP contribution in [0.5, 0.6) is 0 Å². The number of esters is 1. The molecule has 1 amide bonds. The van der Waals surface area contributed by atoms with Gasteiger partial charge >= 0.3 is 11.7 Å². The largest absolute Gasteiger partial charge is 0.465 e. The molecule has 1 N–H and O–H groups in total. The van der Waals surface area contributed by atoms with Crippen molar-refractivity contribution in [3.63, 3.8) is 0 Å². The molecular weight excluding hydrogens is 360 g/mol. The summed E-state index contributed by atoms with van der Waals surface area (Å²) in [7, 11) is 1.33. The van der Waals surface area contributed by atoms with Gasteiger partial charge in [0.05, 0.1) is 23.7 Å². The highest BCUT2D eigenvalue weighted by Gasteiger charge is 2.26. The normalized spacial score (nSPS) is 17.5. The first-order chi connectivity index (χ1) is 13.6. The predicted octanol–water partition coefficient (Wildman–Crippen LogP) is 0.821. The summed E-state index contributed by atoms with van der Waals surface area (Å²) in [4.78, 5) is 39.8. The fourth-order valence-corrected chi connectivity index (χ4v) is 3.78. The number of methoxy groups -OCH3 is 1. The summed E-state index contributed by atoms with van der Waals surface area (Å²) < 4.78 is 8.06. The van der Waals surface area contributed by atoms with E-state index in [1.165, 1.54) is 11.7 Å². The van der Waals surface area contributed by atoms with Crippen LogP contribution in [0.4, 0.5) is 0 Å². The van der Waals surface area contributed by atoms with Gasteiger partial charge in [0, 0.05) is 26.2 Å². The van der Waals surface area contributed by atoms with Crippen LogP contribution in [0.3, 0.4) is 0 Å². The van der Waals surface area contributed by atoms with Gasteiger partial charge in [-0.2, -0.15) is 0 Å². The number of amides is 1. The summed E-state index contributed by atoms with van der Waals surface area (Å²) in [5, 5.41) is 3.28. The van der Waals surface area contributed by atoms with Gasteiger partial charge in [0.2, 0.25) is 5.91 Å². The summed E-state index contributed by atoms with van der Waals surface area (Å²) in [6.45, 7) is 3.62. The highest BCUT2D eigenvalue weighted by atomic mass is 16.5. The number of aromatic nitrogens is 2. The molecule has 1 aromatic carbocycles. The average molecular weight is 386 g/mol. The molecule has 1 aliphatic carbocycles. The lowest BCUT2D eigenvalue weighted by molar-refractivity contribution is -0.131. The Hall–Kier alpha value is -2.61. The van der Waals surface area contributed by atoms with Crippen molar-refractivity contribution in [1.29, 1.82) is 0 Å². The fourth-order valence-electron chi connectivity index (χ4n) is 3.78. The molecule has 0 spiro atoms. The number of hydrogen-bond donors (Lipinski definition) is 1. The van der Waals surface area contributed by atoms with Gasteiger partial charge in [0.1, 0.15) is 6.54 Å². The summed E-state index contributed by atoms with van der Waals surface area (Å²) in [5.41, 5.74) is 1.55. The van der Waals surface area contributed by atoms with Gasteiger partial charge in [-0.25, -0.2) is 9.59 Å². The SMILES string of the molecule is COC(=O)c1ccc2c(c1)n(CC(=O)N1CCCNCC1)c(=O)n2CC1CC1. The van der Waals surface area contributed by atoms with E-state index in [1.807, 2.05) is 0 Å². The van der Waals surface area contributed by atoms with E-state index in [4.69, 9.17) is 4.74 Å². The van der Waals surface area contributed by atoms with Crippen LogP contribution in [0.25, 0.3) is 11.0 Å². The topological polar surface area (TPSA) is 85.6 Å². The Morgan fingerprint density at radius 2 is 1.96 bits per heavy atom. The van der Waals surface area contributed by atoms with Crippen LogP contribution in [0, 0.1) is 5.92 Å². The van der Waals surface area contributed by atoms with Crippen molar-refractivity contribution in [1.82, 2.24) is 19.4 Å². The van der Waals surface area contributed by atoms with Gasteiger partial charge in [0.25, 0.3) is 0 Å². The van der Waals surface area contributed by atoms with Gasteiger partial charge in [-0.1, -0.05) is 0 Å². The lowest BCUT2D eigenvalue weighted by atomic mass is 10.2. The van der Waals surface area contributed by atoms with Crippen molar-refractivity contribution in [2.45, 2.75) is 32.4 Å². The molecule has 2 aliphatic rings. The molecule has 1 saturated carbocycles. The number of nitrogens with zero attached hydrogens (tertiary/aromatic N) is 3. The van der Waals surface area contributed by atoms with Crippen molar-refractivity contribution < 1.29 is 14.3 Å². The molecule has 0 unspecified atom stereocenters. The van der Waals surface area contributed by atoms with Crippen molar-refractivity contribution in [2.75, 3.05) is 33.3 Å². The molecule has 1 saturated heterocycles. The Labute approximate surface area is 163 Å². The number of hydrogen-bond acceptors (Lipinski definition) is 5. The first-order valence-electron chi connectivity index (χ1n) is 9.88. The molecule has 1 aliphatic heterocycles. The van der Waals surface area contributed by atoms with Crippen LogP contribution >= 0.6 is 0 Å². The van der Waals surface area contributed by atoms with Gasteiger partial charge in [-0.15, -0.1) is 0 Å². The smallest absolute Gasteiger partial charge is 0.337 e. The lowest BCUT2D eigenvalue weighted by Gasteiger charge is -2.20. The number of ether oxygens (including phenoxy) is 1. The van der Waals surface area contributed by atoms with E-state index >= 15 is 0 Å². The Balaban J connectivity index is 1.71. The molecule has 28 heavy (non-hydrogen) atoms. The fraction of sp³-hybridized carbons (Fsp3) is 0.550. The van der Waals surface area contributed by atoms with Crippen molar-refractivity contribution in [3.8, 4) is 0 Å². The van der Waals surface area contributed by atoms with Crippen LogP contribution in [0.2, 0.25) is 0 Å². The third kappa shape index (κ3) is 3.69. The predicted molar refractivity (Wildman–Crippen MR) is 104 cm³/mol. The van der Waals surface area contributed by atoms with Crippen molar-refractivity contribution in [2.24, 2.45) is 5.92 Å². The molecule has 8 nitrogen and oxygen atoms in total. The third-order valence-electron chi connectivity index (χ3n) is 5.56. The molecular formula is C20H26N4O4. The zero-order chi connectivity index (χ0) is 19.7. The maximum atomic E-state index is 13.1. The van der Waals surface area contributed by atoms with E-state index in [-0.39, 0.29) is 18.1 Å². The van der Waals surface area contributed by atoms with Crippen LogP contribution < -0.4 is 11.0 Å². The van der Waals surface area contributed by atoms with Gasteiger partial charge in [-0.05, 0) is 49.9 Å². The maximum absolute atomic E-state index is 13.1. The molecule has 2 aromatic rings. The molecule has 0 bridgehead atoms. The van der Waals surface area contributed by atoms with E-state index in [0.717, 1.165) is 37.9 Å². The number of rotatable bonds is 5. The Morgan fingerprint density at radius 1 is 1.14 bits per heavy atom. The van der Waals surface area contributed by atoms with Crippen LogP contribution in [-0.4, -0.2) is 59.2 Å². The van der Waals surface area contributed by atoms with Gasteiger partial charge in [-0.3, -0.25) is 13.9 Å². The Kier molecular flexibility index (Phi) is 5.21. The molecule has 2 fully saturated rings. The second kappa shape index (κ2) is 7.79. The van der Waals surface area contributed by atoms with Gasteiger partial charge < -0.3 is 15.0 Å². The zero-order valence-electron chi connectivity index (χ0n) is 16.1. The van der Waals surface area contributed by atoms with Crippen LogP contribution in [0.15, 0.2) is 23.0 Å². The second-order valence-corrected chi connectivity index (χ2v) is 7.60. The van der Waals surface area contributed by atoms with Crippen LogP contribution in [0.1, 0.15) is 29.6 Å². The first kappa shape index (κ1) is 18.7. The number of carbonyl (C=O) groups is 2. The summed E-state index contributed by atoms with van der Waals surface area (Å²) >= 11 is 0. The molecule has 4 rings (SSSR count). The minimum atomic E-state index is -0.458. The average Bonchev–Trinajstić information content (AvgIpc) is 3.52. The lowest BCUT2D eigenvalue weighted by Crippen LogP contribution is -2.38. The number of benzene rings is 1. The highest BCUT2D eigenvalue weighted by Crippen LogP contribution is 2.31.